The van der Waals surface area contributed by atoms with Crippen molar-refractivity contribution >= 4 is 43.2 Å². The molecule has 0 saturated carbocycles. The summed E-state index contributed by atoms with van der Waals surface area (Å²) in [6.45, 7) is 1.97. The number of hydrogen-bond donors (Lipinski definition) is 0. The molecule has 0 aliphatic heterocycles. The summed E-state index contributed by atoms with van der Waals surface area (Å²) in [6.07, 6.45) is 0. The minimum atomic E-state index is 0.234. The Morgan fingerprint density at radius 2 is 2.29 bits per heavy atom. The Kier molecular flexibility index (Phi) is 3.14. The van der Waals surface area contributed by atoms with Gasteiger partial charge < -0.3 is 4.42 Å². The summed E-state index contributed by atoms with van der Waals surface area (Å²) in [5.74, 6) is 0.951. The van der Waals surface area contributed by atoms with Crippen LogP contribution in [-0.2, 0) is 0 Å². The highest BCUT2D eigenvalue weighted by molar-refractivity contribution is 9.10. The molecule has 0 amide bonds. The molecule has 74 valence electrons. The van der Waals surface area contributed by atoms with E-state index in [9.17, 15) is 0 Å². The highest BCUT2D eigenvalue weighted by Gasteiger charge is 2.17. The molecule has 0 aromatic carbocycles. The van der Waals surface area contributed by atoms with Crippen LogP contribution in [0.1, 0.15) is 21.0 Å². The Bertz CT molecular complexity index is 419. The van der Waals surface area contributed by atoms with Crippen LogP contribution in [0.2, 0.25) is 0 Å². The molecule has 0 spiro atoms. The maximum atomic E-state index is 5.42. The number of hydrogen-bond acceptors (Lipinski definition) is 2. The Morgan fingerprint density at radius 3 is 2.79 bits per heavy atom. The first-order chi connectivity index (χ1) is 6.68. The van der Waals surface area contributed by atoms with Crippen LogP contribution >= 0.6 is 43.2 Å². The SMILES string of the molecule is Cc1oc(Br)cc1C(Br)c1cccs1. The topological polar surface area (TPSA) is 13.1 Å². The smallest absolute Gasteiger partial charge is 0.169 e. The second-order valence-electron chi connectivity index (χ2n) is 2.94. The minimum Gasteiger partial charge on any atom is -0.454 e. The van der Waals surface area contributed by atoms with Gasteiger partial charge in [-0.25, -0.2) is 0 Å². The van der Waals surface area contributed by atoms with Crippen LogP contribution in [0.4, 0.5) is 0 Å². The zero-order valence-corrected chi connectivity index (χ0v) is 11.4. The number of aryl methyl sites for hydroxylation is 1. The van der Waals surface area contributed by atoms with Gasteiger partial charge in [-0.1, -0.05) is 22.0 Å². The number of rotatable bonds is 2. The molecule has 2 aromatic heterocycles. The Morgan fingerprint density at radius 1 is 1.50 bits per heavy atom. The summed E-state index contributed by atoms with van der Waals surface area (Å²) >= 11 is 8.74. The van der Waals surface area contributed by atoms with Gasteiger partial charge in [0.05, 0.1) is 4.83 Å². The van der Waals surface area contributed by atoms with E-state index in [0.29, 0.717) is 0 Å². The predicted octanol–water partition coefficient (Wildman–Crippen LogP) is 4.90. The van der Waals surface area contributed by atoms with Crippen molar-refractivity contribution in [1.82, 2.24) is 0 Å². The van der Waals surface area contributed by atoms with Gasteiger partial charge >= 0.3 is 0 Å². The van der Waals surface area contributed by atoms with Crippen molar-refractivity contribution in [3.63, 3.8) is 0 Å². The fourth-order valence-electron chi connectivity index (χ4n) is 1.30. The van der Waals surface area contributed by atoms with Gasteiger partial charge in [0.15, 0.2) is 4.67 Å². The average Bonchev–Trinajstić information content (AvgIpc) is 2.73. The Balaban J connectivity index is 2.36. The summed E-state index contributed by atoms with van der Waals surface area (Å²) in [4.78, 5) is 1.53. The molecule has 1 nitrogen and oxygen atoms in total. The molecule has 1 unspecified atom stereocenters. The van der Waals surface area contributed by atoms with Crippen LogP contribution in [0.5, 0.6) is 0 Å². The van der Waals surface area contributed by atoms with Gasteiger partial charge in [-0.3, -0.25) is 0 Å². The largest absolute Gasteiger partial charge is 0.454 e. The molecule has 2 heterocycles. The lowest BCUT2D eigenvalue weighted by Crippen LogP contribution is -1.88. The van der Waals surface area contributed by atoms with Gasteiger partial charge in [-0.15, -0.1) is 11.3 Å². The number of alkyl halides is 1. The maximum Gasteiger partial charge on any atom is 0.169 e. The number of halogens is 2. The summed E-state index contributed by atoms with van der Waals surface area (Å²) in [5, 5.41) is 2.08. The Hall–Kier alpha value is -0.0600. The summed E-state index contributed by atoms with van der Waals surface area (Å²) in [6, 6.07) is 6.18. The van der Waals surface area contributed by atoms with E-state index in [1.807, 2.05) is 13.0 Å². The van der Waals surface area contributed by atoms with Crippen LogP contribution in [0, 0.1) is 6.92 Å². The molecule has 4 heteroatoms. The fraction of sp³-hybridized carbons (Fsp3) is 0.200. The maximum absolute atomic E-state index is 5.42. The molecule has 0 radical (unpaired) electrons. The molecule has 0 saturated heterocycles. The third kappa shape index (κ3) is 1.97. The molecular formula is C10H8Br2OS. The molecule has 2 aromatic rings. The first kappa shape index (κ1) is 10.5. The van der Waals surface area contributed by atoms with Crippen molar-refractivity contribution in [1.29, 1.82) is 0 Å². The molecule has 0 bridgehead atoms. The molecule has 14 heavy (non-hydrogen) atoms. The Labute approximate surface area is 103 Å². The predicted molar refractivity (Wildman–Crippen MR) is 66.2 cm³/mol. The summed E-state index contributed by atoms with van der Waals surface area (Å²) in [5.41, 5.74) is 1.18. The number of thiophene rings is 1. The third-order valence-corrected chi connectivity index (χ3v) is 4.61. The quantitative estimate of drug-likeness (QED) is 0.712. The lowest BCUT2D eigenvalue weighted by atomic mass is 10.2. The molecule has 0 N–H and O–H groups in total. The standard InChI is InChI=1S/C10H8Br2OS/c1-6-7(5-9(11)13-6)10(12)8-3-2-4-14-8/h2-5,10H,1H3. The monoisotopic (exact) mass is 334 g/mol. The van der Waals surface area contributed by atoms with Gasteiger partial charge in [0.25, 0.3) is 0 Å². The van der Waals surface area contributed by atoms with Gasteiger partial charge in [-0.2, -0.15) is 0 Å². The van der Waals surface area contributed by atoms with Crippen LogP contribution in [-0.4, -0.2) is 0 Å². The van der Waals surface area contributed by atoms with E-state index in [-0.39, 0.29) is 4.83 Å². The average molecular weight is 336 g/mol. The van der Waals surface area contributed by atoms with E-state index < -0.39 is 0 Å². The van der Waals surface area contributed by atoms with Crippen molar-refractivity contribution in [2.45, 2.75) is 11.8 Å². The van der Waals surface area contributed by atoms with E-state index in [0.717, 1.165) is 10.4 Å². The van der Waals surface area contributed by atoms with Crippen molar-refractivity contribution in [3.8, 4) is 0 Å². The summed E-state index contributed by atoms with van der Waals surface area (Å²) < 4.78 is 6.21. The van der Waals surface area contributed by atoms with Crippen molar-refractivity contribution in [2.24, 2.45) is 0 Å². The zero-order chi connectivity index (χ0) is 10.1. The van der Waals surface area contributed by atoms with Crippen molar-refractivity contribution in [3.05, 3.63) is 44.4 Å². The lowest BCUT2D eigenvalue weighted by molar-refractivity contribution is 0.507. The summed E-state index contributed by atoms with van der Waals surface area (Å²) in [7, 11) is 0. The fourth-order valence-corrected chi connectivity index (χ4v) is 3.44. The van der Waals surface area contributed by atoms with Gasteiger partial charge in [0, 0.05) is 10.4 Å². The van der Waals surface area contributed by atoms with E-state index in [1.54, 1.807) is 11.3 Å². The first-order valence-corrected chi connectivity index (χ1v) is 6.70. The first-order valence-electron chi connectivity index (χ1n) is 4.12. The molecule has 2 rings (SSSR count). The normalized spacial score (nSPS) is 13.1. The molecule has 1 atom stereocenters. The number of furan rings is 1. The molecule has 0 aliphatic carbocycles. The van der Waals surface area contributed by atoms with E-state index >= 15 is 0 Å². The highest BCUT2D eigenvalue weighted by atomic mass is 79.9. The second-order valence-corrected chi connectivity index (χ2v) is 5.62. The zero-order valence-electron chi connectivity index (χ0n) is 7.46. The second kappa shape index (κ2) is 4.21. The van der Waals surface area contributed by atoms with Gasteiger partial charge in [-0.05, 0) is 40.4 Å². The third-order valence-electron chi connectivity index (χ3n) is 1.99. The van der Waals surface area contributed by atoms with Crippen molar-refractivity contribution in [2.75, 3.05) is 0 Å². The van der Waals surface area contributed by atoms with Crippen LogP contribution in [0.3, 0.4) is 0 Å². The highest BCUT2D eigenvalue weighted by Crippen LogP contribution is 2.37. The van der Waals surface area contributed by atoms with Gasteiger partial charge in [0.1, 0.15) is 5.76 Å². The van der Waals surface area contributed by atoms with Crippen LogP contribution in [0.15, 0.2) is 32.7 Å². The molecule has 0 aliphatic rings. The molecule has 0 fully saturated rings. The molecular weight excluding hydrogens is 328 g/mol. The van der Waals surface area contributed by atoms with E-state index in [1.165, 1.54) is 10.4 Å². The lowest BCUT2D eigenvalue weighted by Gasteiger charge is -2.04. The minimum absolute atomic E-state index is 0.234. The van der Waals surface area contributed by atoms with Crippen molar-refractivity contribution < 1.29 is 4.42 Å². The van der Waals surface area contributed by atoms with E-state index in [2.05, 4.69) is 49.4 Å². The van der Waals surface area contributed by atoms with Crippen LogP contribution in [0.25, 0.3) is 0 Å². The van der Waals surface area contributed by atoms with Crippen LogP contribution < -0.4 is 0 Å². The van der Waals surface area contributed by atoms with Gasteiger partial charge in [0.2, 0.25) is 0 Å². The van der Waals surface area contributed by atoms with E-state index in [4.69, 9.17) is 4.42 Å².